The molecule has 1 nitrogen and oxygen atoms in total. The molecule has 5 unspecified atom stereocenters. The predicted octanol–water partition coefficient (Wildman–Crippen LogP) is 4.29. The lowest BCUT2D eigenvalue weighted by Gasteiger charge is -2.46. The van der Waals surface area contributed by atoms with Gasteiger partial charge >= 0.3 is 0 Å². The van der Waals surface area contributed by atoms with E-state index in [1.807, 2.05) is 0 Å². The summed E-state index contributed by atoms with van der Waals surface area (Å²) in [6, 6.07) is 0. The Bertz CT molecular complexity index is 445. The summed E-state index contributed by atoms with van der Waals surface area (Å²) in [6.07, 6.45) is 16.8. The number of Topliss-reactive ketones (excluding diaryl/α,β-unsaturated/α-hetero) is 1. The third-order valence-corrected chi connectivity index (χ3v) is 6.29. The van der Waals surface area contributed by atoms with Crippen LogP contribution in [0.5, 0.6) is 0 Å². The summed E-state index contributed by atoms with van der Waals surface area (Å²) in [5.41, 5.74) is 1.52. The lowest BCUT2D eigenvalue weighted by molar-refractivity contribution is -0.118. The van der Waals surface area contributed by atoms with E-state index in [2.05, 4.69) is 18.2 Å². The Kier molecular flexibility index (Phi) is 2.90. The molecule has 4 aliphatic carbocycles. The molecular weight excluding hydrogens is 232 g/mol. The molecular formula is C18H24O. The molecule has 0 spiro atoms. The Morgan fingerprint density at radius 3 is 2.89 bits per heavy atom. The molecule has 1 heteroatoms. The topological polar surface area (TPSA) is 17.1 Å². The molecule has 19 heavy (non-hydrogen) atoms. The fraction of sp³-hybridized carbons (Fsp3) is 0.722. The highest BCUT2D eigenvalue weighted by Crippen LogP contribution is 2.53. The van der Waals surface area contributed by atoms with E-state index in [1.165, 1.54) is 37.7 Å². The van der Waals surface area contributed by atoms with Crippen molar-refractivity contribution in [1.82, 2.24) is 0 Å². The maximum atomic E-state index is 11.8. The van der Waals surface area contributed by atoms with Gasteiger partial charge in [-0.25, -0.2) is 0 Å². The molecule has 5 atom stereocenters. The highest BCUT2D eigenvalue weighted by molar-refractivity contribution is 5.81. The van der Waals surface area contributed by atoms with Gasteiger partial charge in [-0.05, 0) is 68.1 Å². The van der Waals surface area contributed by atoms with Crippen LogP contribution >= 0.6 is 0 Å². The summed E-state index contributed by atoms with van der Waals surface area (Å²) in [5, 5.41) is 0. The Hall–Kier alpha value is -0.850. The second kappa shape index (κ2) is 4.61. The van der Waals surface area contributed by atoms with E-state index in [0.717, 1.165) is 48.9 Å². The van der Waals surface area contributed by atoms with Gasteiger partial charge in [0.25, 0.3) is 0 Å². The molecule has 0 heterocycles. The van der Waals surface area contributed by atoms with Crippen molar-refractivity contribution in [2.24, 2.45) is 29.6 Å². The van der Waals surface area contributed by atoms with Crippen LogP contribution in [0.2, 0.25) is 0 Å². The van der Waals surface area contributed by atoms with Crippen LogP contribution in [0, 0.1) is 29.6 Å². The van der Waals surface area contributed by atoms with Crippen LogP contribution in [0.25, 0.3) is 0 Å². The van der Waals surface area contributed by atoms with Gasteiger partial charge in [0.05, 0.1) is 0 Å². The molecule has 0 aromatic rings. The number of rotatable bonds is 0. The molecule has 0 aromatic heterocycles. The summed E-state index contributed by atoms with van der Waals surface area (Å²) in [7, 11) is 0. The first-order valence-electron chi connectivity index (χ1n) is 8.20. The zero-order valence-electron chi connectivity index (χ0n) is 11.7. The molecule has 0 amide bonds. The van der Waals surface area contributed by atoms with Crippen LogP contribution in [0.4, 0.5) is 0 Å². The van der Waals surface area contributed by atoms with Crippen LogP contribution in [0.15, 0.2) is 23.8 Å². The Morgan fingerprint density at radius 1 is 1.00 bits per heavy atom. The summed E-state index contributed by atoms with van der Waals surface area (Å²) in [5.74, 6) is 4.86. The Balaban J connectivity index is 1.62. The molecule has 4 aliphatic rings. The second-order valence-electron chi connectivity index (χ2n) is 7.13. The van der Waals surface area contributed by atoms with Crippen LogP contribution in [0.3, 0.4) is 0 Å². The number of fused-ring (bicyclic) bond motifs is 5. The quantitative estimate of drug-likeness (QED) is 0.591. The first-order valence-corrected chi connectivity index (χ1v) is 8.20. The van der Waals surface area contributed by atoms with Crippen LogP contribution in [-0.2, 0) is 4.79 Å². The van der Waals surface area contributed by atoms with Crippen LogP contribution in [0.1, 0.15) is 51.4 Å². The van der Waals surface area contributed by atoms with Crippen LogP contribution in [-0.4, -0.2) is 5.78 Å². The maximum absolute atomic E-state index is 11.8. The minimum atomic E-state index is 0.489. The van der Waals surface area contributed by atoms with Crippen molar-refractivity contribution in [1.29, 1.82) is 0 Å². The van der Waals surface area contributed by atoms with Gasteiger partial charge in [0.15, 0.2) is 0 Å². The maximum Gasteiger partial charge on any atom is 0.136 e. The van der Waals surface area contributed by atoms with Crippen molar-refractivity contribution < 1.29 is 4.79 Å². The minimum absolute atomic E-state index is 0.489. The van der Waals surface area contributed by atoms with Crippen molar-refractivity contribution >= 4 is 5.78 Å². The number of hydrogen-bond acceptors (Lipinski definition) is 1. The number of allylic oxidation sites excluding steroid dienone is 4. The summed E-state index contributed by atoms with van der Waals surface area (Å²) >= 11 is 0. The average molecular weight is 256 g/mol. The van der Waals surface area contributed by atoms with Gasteiger partial charge in [-0.3, -0.25) is 4.79 Å². The van der Waals surface area contributed by atoms with E-state index in [-0.39, 0.29) is 0 Å². The Morgan fingerprint density at radius 2 is 1.95 bits per heavy atom. The van der Waals surface area contributed by atoms with Gasteiger partial charge < -0.3 is 0 Å². The normalized spacial score (nSPS) is 44.9. The fourth-order valence-corrected chi connectivity index (χ4v) is 5.45. The van der Waals surface area contributed by atoms with Gasteiger partial charge in [-0.1, -0.05) is 23.8 Å². The zero-order chi connectivity index (χ0) is 12.8. The molecule has 0 N–H and O–H groups in total. The molecule has 2 fully saturated rings. The largest absolute Gasteiger partial charge is 0.299 e. The van der Waals surface area contributed by atoms with Crippen molar-refractivity contribution in [2.75, 3.05) is 0 Å². The van der Waals surface area contributed by atoms with E-state index < -0.39 is 0 Å². The monoisotopic (exact) mass is 256 g/mol. The number of carbonyl (C=O) groups is 1. The van der Waals surface area contributed by atoms with Crippen LogP contribution < -0.4 is 0 Å². The van der Waals surface area contributed by atoms with Crippen molar-refractivity contribution in [3.8, 4) is 0 Å². The lowest BCUT2D eigenvalue weighted by Crippen LogP contribution is -2.38. The average Bonchev–Trinajstić information content (AvgIpc) is 2.80. The molecule has 4 rings (SSSR count). The number of ketones is 1. The van der Waals surface area contributed by atoms with E-state index in [4.69, 9.17) is 0 Å². The second-order valence-corrected chi connectivity index (χ2v) is 7.13. The molecule has 2 saturated carbocycles. The van der Waals surface area contributed by atoms with Gasteiger partial charge in [0, 0.05) is 12.8 Å². The molecule has 0 aromatic carbocycles. The standard InChI is InChI=1S/C18H24O/c19-14-4-2-6-16-13(11-14)8-10-17-15-5-1-3-12(15)7-9-18(16)17/h1,3,8,12,15-18H,2,4-7,9-11H2. The van der Waals surface area contributed by atoms with Gasteiger partial charge in [0.1, 0.15) is 5.78 Å². The Labute approximate surface area is 116 Å². The SMILES string of the molecule is O=C1CCCC2C(=CCC3C4CC=CC4CCC23)C1. The van der Waals surface area contributed by atoms with E-state index in [9.17, 15) is 4.79 Å². The summed E-state index contributed by atoms with van der Waals surface area (Å²) < 4.78 is 0. The smallest absolute Gasteiger partial charge is 0.136 e. The van der Waals surface area contributed by atoms with Crippen molar-refractivity contribution in [3.05, 3.63) is 23.8 Å². The minimum Gasteiger partial charge on any atom is -0.299 e. The fourth-order valence-electron chi connectivity index (χ4n) is 5.45. The predicted molar refractivity (Wildman–Crippen MR) is 76.6 cm³/mol. The highest BCUT2D eigenvalue weighted by Gasteiger charge is 2.45. The van der Waals surface area contributed by atoms with E-state index >= 15 is 0 Å². The summed E-state index contributed by atoms with van der Waals surface area (Å²) in [6.45, 7) is 0. The van der Waals surface area contributed by atoms with Gasteiger partial charge in [0.2, 0.25) is 0 Å². The van der Waals surface area contributed by atoms with Crippen molar-refractivity contribution in [2.45, 2.75) is 51.4 Å². The molecule has 0 bridgehead atoms. The zero-order valence-corrected chi connectivity index (χ0v) is 11.7. The number of hydrogen-bond donors (Lipinski definition) is 0. The molecule has 0 saturated heterocycles. The highest BCUT2D eigenvalue weighted by atomic mass is 16.1. The molecule has 102 valence electrons. The third-order valence-electron chi connectivity index (χ3n) is 6.29. The first-order chi connectivity index (χ1) is 9.33. The number of carbonyl (C=O) groups excluding carboxylic acids is 1. The summed E-state index contributed by atoms with van der Waals surface area (Å²) in [4.78, 5) is 11.8. The third kappa shape index (κ3) is 1.93. The van der Waals surface area contributed by atoms with E-state index in [1.54, 1.807) is 0 Å². The van der Waals surface area contributed by atoms with Crippen molar-refractivity contribution in [3.63, 3.8) is 0 Å². The van der Waals surface area contributed by atoms with Gasteiger partial charge in [-0.2, -0.15) is 0 Å². The first kappa shape index (κ1) is 11.9. The molecule has 0 aliphatic heterocycles. The lowest BCUT2D eigenvalue weighted by atomic mass is 9.58. The molecule has 0 radical (unpaired) electrons. The van der Waals surface area contributed by atoms with E-state index in [0.29, 0.717) is 5.78 Å². The van der Waals surface area contributed by atoms with Gasteiger partial charge in [-0.15, -0.1) is 0 Å².